The van der Waals surface area contributed by atoms with Crippen molar-refractivity contribution in [1.29, 1.82) is 0 Å². The average molecular weight is 327 g/mol. The minimum atomic E-state index is 0.227. The normalized spacial score (nSPS) is 18.7. The van der Waals surface area contributed by atoms with Gasteiger partial charge in [0.05, 0.1) is 5.69 Å². The number of nitrogens with zero attached hydrogens (tertiary/aromatic N) is 3. The van der Waals surface area contributed by atoms with Crippen LogP contribution in [0.25, 0.3) is 11.3 Å². The van der Waals surface area contributed by atoms with Gasteiger partial charge in [-0.15, -0.1) is 0 Å². The summed E-state index contributed by atoms with van der Waals surface area (Å²) in [5, 5.41) is 0. The van der Waals surface area contributed by atoms with E-state index in [4.69, 9.17) is 9.97 Å². The summed E-state index contributed by atoms with van der Waals surface area (Å²) in [6, 6.07) is 19.5. The molecule has 0 spiro atoms. The van der Waals surface area contributed by atoms with Crippen molar-refractivity contribution in [2.75, 3.05) is 18.0 Å². The van der Waals surface area contributed by atoms with E-state index in [1.54, 1.807) is 6.33 Å². The Balaban J connectivity index is 1.74. The number of benzene rings is 2. The molecule has 5 rings (SSSR count). The molecule has 0 saturated carbocycles. The van der Waals surface area contributed by atoms with Crippen LogP contribution in [0, 0.1) is 0 Å². The van der Waals surface area contributed by atoms with Crippen LogP contribution in [0.5, 0.6) is 0 Å². The standard InChI is InChI=1S/C22H21N3/c1-3-9-16(10-4-1)19-17-11-5-6-12-18(17)21-20(19)22(24-15-23-21)25-13-7-2-8-14-25/h1,3-6,9-12,15,19H,2,7-8,13-14H2. The molecule has 0 amide bonds. The molecule has 1 aromatic heterocycles. The maximum Gasteiger partial charge on any atom is 0.136 e. The Kier molecular flexibility index (Phi) is 3.51. The molecule has 2 heterocycles. The largest absolute Gasteiger partial charge is 0.356 e. The maximum absolute atomic E-state index is 4.75. The molecule has 0 bridgehead atoms. The first-order valence-electron chi connectivity index (χ1n) is 9.17. The minimum Gasteiger partial charge on any atom is -0.356 e. The van der Waals surface area contributed by atoms with Gasteiger partial charge < -0.3 is 4.90 Å². The molecule has 3 heteroatoms. The van der Waals surface area contributed by atoms with Gasteiger partial charge in [-0.05, 0) is 30.4 Å². The number of aromatic nitrogens is 2. The molecular formula is C22H21N3. The van der Waals surface area contributed by atoms with E-state index in [2.05, 4.69) is 59.5 Å². The molecule has 124 valence electrons. The van der Waals surface area contributed by atoms with Crippen molar-refractivity contribution in [3.05, 3.63) is 77.6 Å². The molecule has 1 aliphatic heterocycles. The van der Waals surface area contributed by atoms with Gasteiger partial charge in [-0.25, -0.2) is 9.97 Å². The molecule has 1 fully saturated rings. The molecule has 0 radical (unpaired) electrons. The molecule has 3 nitrogen and oxygen atoms in total. The van der Waals surface area contributed by atoms with Crippen LogP contribution in [0.15, 0.2) is 60.9 Å². The third kappa shape index (κ3) is 2.34. The van der Waals surface area contributed by atoms with Gasteiger partial charge in [0.25, 0.3) is 0 Å². The Morgan fingerprint density at radius 2 is 1.56 bits per heavy atom. The molecule has 2 aliphatic rings. The van der Waals surface area contributed by atoms with Crippen LogP contribution in [0.3, 0.4) is 0 Å². The number of anilines is 1. The fraction of sp³-hybridized carbons (Fsp3) is 0.273. The van der Waals surface area contributed by atoms with E-state index >= 15 is 0 Å². The lowest BCUT2D eigenvalue weighted by atomic mass is 9.89. The summed E-state index contributed by atoms with van der Waals surface area (Å²) in [7, 11) is 0. The second kappa shape index (κ2) is 5.99. The minimum absolute atomic E-state index is 0.227. The predicted molar refractivity (Wildman–Crippen MR) is 101 cm³/mol. The van der Waals surface area contributed by atoms with Crippen molar-refractivity contribution >= 4 is 5.82 Å². The topological polar surface area (TPSA) is 29.0 Å². The molecule has 1 unspecified atom stereocenters. The smallest absolute Gasteiger partial charge is 0.136 e. The highest BCUT2D eigenvalue weighted by atomic mass is 15.2. The quantitative estimate of drug-likeness (QED) is 0.537. The monoisotopic (exact) mass is 327 g/mol. The first-order chi connectivity index (χ1) is 12.4. The van der Waals surface area contributed by atoms with Crippen LogP contribution < -0.4 is 4.90 Å². The fourth-order valence-corrected chi connectivity index (χ4v) is 4.34. The van der Waals surface area contributed by atoms with E-state index in [-0.39, 0.29) is 5.92 Å². The number of piperidine rings is 1. The SMILES string of the molecule is c1ccc(C2c3ccccc3-c3ncnc(N4CCCCC4)c32)cc1. The number of fused-ring (bicyclic) bond motifs is 3. The summed E-state index contributed by atoms with van der Waals surface area (Å²) in [5.41, 5.74) is 6.33. The van der Waals surface area contributed by atoms with Crippen LogP contribution in [0.1, 0.15) is 41.9 Å². The van der Waals surface area contributed by atoms with Gasteiger partial charge in [0.2, 0.25) is 0 Å². The lowest BCUT2D eigenvalue weighted by Gasteiger charge is -2.30. The summed E-state index contributed by atoms with van der Waals surface area (Å²) in [4.78, 5) is 11.9. The number of hydrogen-bond acceptors (Lipinski definition) is 3. The van der Waals surface area contributed by atoms with Crippen LogP contribution in [0.2, 0.25) is 0 Å². The molecule has 2 aromatic carbocycles. The second-order valence-electron chi connectivity index (χ2n) is 6.94. The van der Waals surface area contributed by atoms with Crippen LogP contribution in [-0.4, -0.2) is 23.1 Å². The van der Waals surface area contributed by atoms with Gasteiger partial charge in [0.1, 0.15) is 12.1 Å². The van der Waals surface area contributed by atoms with E-state index in [1.165, 1.54) is 41.5 Å². The van der Waals surface area contributed by atoms with Crippen molar-refractivity contribution in [3.63, 3.8) is 0 Å². The van der Waals surface area contributed by atoms with Crippen molar-refractivity contribution in [2.45, 2.75) is 25.2 Å². The Morgan fingerprint density at radius 3 is 2.40 bits per heavy atom. The fourth-order valence-electron chi connectivity index (χ4n) is 4.34. The highest BCUT2D eigenvalue weighted by molar-refractivity contribution is 5.82. The van der Waals surface area contributed by atoms with E-state index in [1.807, 2.05) is 0 Å². The van der Waals surface area contributed by atoms with E-state index in [0.29, 0.717) is 0 Å². The highest BCUT2D eigenvalue weighted by Crippen LogP contribution is 2.49. The van der Waals surface area contributed by atoms with Gasteiger partial charge in [-0.2, -0.15) is 0 Å². The molecule has 3 aromatic rings. The van der Waals surface area contributed by atoms with E-state index in [9.17, 15) is 0 Å². The van der Waals surface area contributed by atoms with Crippen molar-refractivity contribution < 1.29 is 0 Å². The first kappa shape index (κ1) is 14.6. The van der Waals surface area contributed by atoms with Gasteiger partial charge in [-0.1, -0.05) is 54.6 Å². The van der Waals surface area contributed by atoms with Gasteiger partial charge in [0, 0.05) is 30.1 Å². The third-order valence-electron chi connectivity index (χ3n) is 5.47. The van der Waals surface area contributed by atoms with Crippen LogP contribution in [-0.2, 0) is 0 Å². The van der Waals surface area contributed by atoms with Crippen molar-refractivity contribution in [3.8, 4) is 11.3 Å². The summed E-state index contributed by atoms with van der Waals surface area (Å²) < 4.78 is 0. The maximum atomic E-state index is 4.75. The zero-order valence-corrected chi connectivity index (χ0v) is 14.2. The van der Waals surface area contributed by atoms with Gasteiger partial charge in [0.15, 0.2) is 0 Å². The Labute approximate surface area is 148 Å². The van der Waals surface area contributed by atoms with Crippen LogP contribution >= 0.6 is 0 Å². The molecule has 1 saturated heterocycles. The predicted octanol–water partition coefficient (Wildman–Crippen LogP) is 4.63. The first-order valence-corrected chi connectivity index (χ1v) is 9.17. The zero-order chi connectivity index (χ0) is 16.6. The second-order valence-corrected chi connectivity index (χ2v) is 6.94. The van der Waals surface area contributed by atoms with Crippen molar-refractivity contribution in [1.82, 2.24) is 9.97 Å². The average Bonchev–Trinajstić information content (AvgIpc) is 3.04. The molecule has 1 atom stereocenters. The lowest BCUT2D eigenvalue weighted by molar-refractivity contribution is 0.571. The zero-order valence-electron chi connectivity index (χ0n) is 14.2. The number of hydrogen-bond donors (Lipinski definition) is 0. The summed E-state index contributed by atoms with van der Waals surface area (Å²) in [5.74, 6) is 1.36. The van der Waals surface area contributed by atoms with Gasteiger partial charge >= 0.3 is 0 Å². The van der Waals surface area contributed by atoms with E-state index in [0.717, 1.165) is 24.6 Å². The highest BCUT2D eigenvalue weighted by Gasteiger charge is 2.35. The molecule has 0 N–H and O–H groups in total. The van der Waals surface area contributed by atoms with E-state index < -0.39 is 0 Å². The third-order valence-corrected chi connectivity index (χ3v) is 5.47. The summed E-state index contributed by atoms with van der Waals surface area (Å²) >= 11 is 0. The Hall–Kier alpha value is -2.68. The molecule has 1 aliphatic carbocycles. The summed E-state index contributed by atoms with van der Waals surface area (Å²) in [6.07, 6.45) is 5.57. The number of rotatable bonds is 2. The Bertz CT molecular complexity index is 898. The molecule has 25 heavy (non-hydrogen) atoms. The van der Waals surface area contributed by atoms with Crippen molar-refractivity contribution in [2.24, 2.45) is 0 Å². The summed E-state index contributed by atoms with van der Waals surface area (Å²) in [6.45, 7) is 2.20. The lowest BCUT2D eigenvalue weighted by Crippen LogP contribution is -2.31. The Morgan fingerprint density at radius 1 is 0.800 bits per heavy atom. The van der Waals surface area contributed by atoms with Crippen LogP contribution in [0.4, 0.5) is 5.82 Å². The molecular weight excluding hydrogens is 306 g/mol. The van der Waals surface area contributed by atoms with Gasteiger partial charge in [-0.3, -0.25) is 0 Å².